The summed E-state index contributed by atoms with van der Waals surface area (Å²) < 4.78 is 0. The van der Waals surface area contributed by atoms with E-state index in [0.717, 1.165) is 11.4 Å². The molecule has 72 valence electrons. The summed E-state index contributed by atoms with van der Waals surface area (Å²) in [6.45, 7) is 5.37. The first-order valence-corrected chi connectivity index (χ1v) is 4.19. The lowest BCUT2D eigenvalue weighted by Crippen LogP contribution is -2.00. The minimum absolute atomic E-state index is 0.602. The molecule has 0 atom stereocenters. The van der Waals surface area contributed by atoms with Gasteiger partial charge in [0.05, 0.1) is 5.56 Å². The Labute approximate surface area is 83.2 Å². The Morgan fingerprint density at radius 1 is 1.43 bits per heavy atom. The van der Waals surface area contributed by atoms with Crippen LogP contribution in [0, 0.1) is 6.92 Å². The zero-order valence-corrected chi connectivity index (χ0v) is 8.31. The molecule has 0 N–H and O–H groups in total. The van der Waals surface area contributed by atoms with Gasteiger partial charge in [0.15, 0.2) is 5.84 Å². The maximum absolute atomic E-state index is 4.09. The van der Waals surface area contributed by atoms with Crippen molar-refractivity contribution in [3.8, 4) is 0 Å². The fourth-order valence-corrected chi connectivity index (χ4v) is 0.893. The average molecular weight is 188 g/mol. The molecule has 1 rings (SSSR count). The minimum atomic E-state index is 0.602. The molecule has 1 heterocycles. The second-order valence-corrected chi connectivity index (χ2v) is 2.58. The van der Waals surface area contributed by atoms with E-state index in [9.17, 15) is 0 Å². The van der Waals surface area contributed by atoms with Gasteiger partial charge in [-0.1, -0.05) is 12.7 Å². The Hall–Kier alpha value is -1.84. The van der Waals surface area contributed by atoms with Crippen LogP contribution in [0.3, 0.4) is 0 Å². The van der Waals surface area contributed by atoms with Crippen molar-refractivity contribution in [1.82, 2.24) is 9.97 Å². The number of allylic oxidation sites excluding steroid dienone is 1. The average Bonchev–Trinajstić information content (AvgIpc) is 2.21. The van der Waals surface area contributed by atoms with Crippen LogP contribution in [0.15, 0.2) is 35.0 Å². The van der Waals surface area contributed by atoms with Crippen molar-refractivity contribution in [3.63, 3.8) is 0 Å². The van der Waals surface area contributed by atoms with Gasteiger partial charge in [0, 0.05) is 25.7 Å². The molecule has 0 aliphatic rings. The van der Waals surface area contributed by atoms with Gasteiger partial charge in [-0.25, -0.2) is 15.0 Å². The summed E-state index contributed by atoms with van der Waals surface area (Å²) in [7, 11) is 1.68. The molecule has 4 heteroatoms. The van der Waals surface area contributed by atoms with Crippen LogP contribution in [-0.2, 0) is 0 Å². The molecule has 0 fully saturated rings. The van der Waals surface area contributed by atoms with Crippen molar-refractivity contribution in [1.29, 1.82) is 0 Å². The summed E-state index contributed by atoms with van der Waals surface area (Å²) in [4.78, 5) is 16.2. The second-order valence-electron chi connectivity index (χ2n) is 2.58. The van der Waals surface area contributed by atoms with Crippen molar-refractivity contribution < 1.29 is 0 Å². The van der Waals surface area contributed by atoms with Crippen LogP contribution in [0.1, 0.15) is 11.4 Å². The predicted molar refractivity (Wildman–Crippen MR) is 57.9 cm³/mol. The third-order valence-electron chi connectivity index (χ3n) is 1.55. The van der Waals surface area contributed by atoms with E-state index in [-0.39, 0.29) is 0 Å². The molecule has 0 aliphatic heterocycles. The Bertz CT molecular complexity index is 362. The molecule has 0 spiro atoms. The molecular weight excluding hydrogens is 176 g/mol. The number of hydrogen-bond acceptors (Lipinski definition) is 3. The molecule has 0 bridgehead atoms. The van der Waals surface area contributed by atoms with Crippen molar-refractivity contribution in [2.24, 2.45) is 9.98 Å². The molecule has 0 saturated carbocycles. The number of hydrogen-bond donors (Lipinski definition) is 0. The van der Waals surface area contributed by atoms with Crippen LogP contribution in [0.25, 0.3) is 0 Å². The Morgan fingerprint density at radius 2 is 2.07 bits per heavy atom. The Balaban J connectivity index is 2.96. The normalized spacial score (nSPS) is 12.0. The summed E-state index contributed by atoms with van der Waals surface area (Å²) in [6, 6.07) is 0. The summed E-state index contributed by atoms with van der Waals surface area (Å²) >= 11 is 0. The number of aliphatic imine (C=N–C) groups is 2. The van der Waals surface area contributed by atoms with E-state index in [1.807, 2.05) is 6.92 Å². The first kappa shape index (κ1) is 10.2. The number of aryl methyl sites for hydroxylation is 1. The molecule has 0 amide bonds. The second kappa shape index (κ2) is 5.01. The van der Waals surface area contributed by atoms with Crippen molar-refractivity contribution in [3.05, 3.63) is 36.4 Å². The summed E-state index contributed by atoms with van der Waals surface area (Å²) in [5, 5.41) is 0. The van der Waals surface area contributed by atoms with Crippen LogP contribution in [0.5, 0.6) is 0 Å². The maximum Gasteiger partial charge on any atom is 0.157 e. The molecule has 0 saturated heterocycles. The lowest BCUT2D eigenvalue weighted by molar-refractivity contribution is 1.05. The van der Waals surface area contributed by atoms with E-state index in [1.165, 1.54) is 0 Å². The molecule has 14 heavy (non-hydrogen) atoms. The maximum atomic E-state index is 4.09. The van der Waals surface area contributed by atoms with Crippen molar-refractivity contribution >= 4 is 12.1 Å². The van der Waals surface area contributed by atoms with Gasteiger partial charge in [0.2, 0.25) is 0 Å². The number of aromatic nitrogens is 2. The molecule has 0 aliphatic carbocycles. The summed E-state index contributed by atoms with van der Waals surface area (Å²) in [5.41, 5.74) is 0.802. The fraction of sp³-hybridized carbons (Fsp3) is 0.200. The standard InChI is InChI=1S/C10H12N4/c1-4-5-12-10(11-3)9-6-13-8(2)14-7-9/h4-7H,1H2,2-3H3. The first-order valence-electron chi connectivity index (χ1n) is 4.19. The lowest BCUT2D eigenvalue weighted by Gasteiger charge is -1.98. The predicted octanol–water partition coefficient (Wildman–Crippen LogP) is 1.42. The van der Waals surface area contributed by atoms with E-state index in [1.54, 1.807) is 31.7 Å². The largest absolute Gasteiger partial charge is 0.270 e. The number of nitrogens with zero attached hydrogens (tertiary/aromatic N) is 4. The quantitative estimate of drug-likeness (QED) is 0.520. The van der Waals surface area contributed by atoms with Gasteiger partial charge in [-0.3, -0.25) is 4.99 Å². The Kier molecular flexibility index (Phi) is 3.67. The molecule has 1 aromatic heterocycles. The summed E-state index contributed by atoms with van der Waals surface area (Å²) in [5.74, 6) is 1.34. The van der Waals surface area contributed by atoms with E-state index in [0.29, 0.717) is 5.84 Å². The van der Waals surface area contributed by atoms with Gasteiger partial charge in [-0.05, 0) is 6.92 Å². The van der Waals surface area contributed by atoms with E-state index in [4.69, 9.17) is 0 Å². The molecule has 0 aromatic carbocycles. The molecule has 0 unspecified atom stereocenters. The first-order chi connectivity index (χ1) is 6.77. The highest BCUT2D eigenvalue weighted by atomic mass is 14.9. The van der Waals surface area contributed by atoms with Crippen LogP contribution in [-0.4, -0.2) is 29.1 Å². The SMILES string of the molecule is C=CC=NC(=NC)c1cnc(C)nc1. The van der Waals surface area contributed by atoms with Gasteiger partial charge in [-0.15, -0.1) is 0 Å². The van der Waals surface area contributed by atoms with Crippen LogP contribution in [0.4, 0.5) is 0 Å². The fourth-order valence-electron chi connectivity index (χ4n) is 0.893. The Morgan fingerprint density at radius 3 is 2.57 bits per heavy atom. The van der Waals surface area contributed by atoms with Crippen LogP contribution in [0.2, 0.25) is 0 Å². The van der Waals surface area contributed by atoms with Gasteiger partial charge in [0.1, 0.15) is 5.82 Å². The minimum Gasteiger partial charge on any atom is -0.270 e. The van der Waals surface area contributed by atoms with E-state index < -0.39 is 0 Å². The van der Waals surface area contributed by atoms with Gasteiger partial charge in [-0.2, -0.15) is 0 Å². The van der Waals surface area contributed by atoms with Crippen molar-refractivity contribution in [2.75, 3.05) is 7.05 Å². The number of amidine groups is 1. The zero-order chi connectivity index (χ0) is 10.4. The highest BCUT2D eigenvalue weighted by molar-refractivity contribution is 6.03. The monoisotopic (exact) mass is 188 g/mol. The number of rotatable bonds is 2. The molecule has 4 nitrogen and oxygen atoms in total. The molecular formula is C10H12N4. The van der Waals surface area contributed by atoms with Crippen LogP contribution < -0.4 is 0 Å². The smallest absolute Gasteiger partial charge is 0.157 e. The highest BCUT2D eigenvalue weighted by Crippen LogP contribution is 1.99. The molecule has 0 radical (unpaired) electrons. The highest BCUT2D eigenvalue weighted by Gasteiger charge is 2.00. The molecule has 1 aromatic rings. The lowest BCUT2D eigenvalue weighted by atomic mass is 10.3. The third kappa shape index (κ3) is 2.58. The topological polar surface area (TPSA) is 50.5 Å². The van der Waals surface area contributed by atoms with Gasteiger partial charge >= 0.3 is 0 Å². The summed E-state index contributed by atoms with van der Waals surface area (Å²) in [6.07, 6.45) is 6.58. The van der Waals surface area contributed by atoms with E-state index >= 15 is 0 Å². The van der Waals surface area contributed by atoms with Crippen LogP contribution >= 0.6 is 0 Å². The van der Waals surface area contributed by atoms with E-state index in [2.05, 4.69) is 26.5 Å². The van der Waals surface area contributed by atoms with Crippen molar-refractivity contribution in [2.45, 2.75) is 6.92 Å². The zero-order valence-electron chi connectivity index (χ0n) is 8.31. The third-order valence-corrected chi connectivity index (χ3v) is 1.55. The van der Waals surface area contributed by atoms with Gasteiger partial charge in [0.25, 0.3) is 0 Å². The van der Waals surface area contributed by atoms with Gasteiger partial charge < -0.3 is 0 Å².